The zero-order chi connectivity index (χ0) is 34.3. The Bertz CT molecular complexity index is 1760. The van der Waals surface area contributed by atoms with Crippen molar-refractivity contribution in [3.05, 3.63) is 84.2 Å². The number of hydrogen-bond acceptors (Lipinski definition) is 7. The van der Waals surface area contributed by atoms with Crippen molar-refractivity contribution in [1.29, 1.82) is 0 Å². The molecule has 1 aromatic heterocycles. The normalized spacial score (nSPS) is 22.5. The molecule has 2 aliphatic heterocycles. The lowest BCUT2D eigenvalue weighted by Crippen LogP contribution is -2.65. The molecule has 0 unspecified atom stereocenters. The summed E-state index contributed by atoms with van der Waals surface area (Å²) < 4.78 is 36.9. The van der Waals surface area contributed by atoms with Crippen molar-refractivity contribution in [3.8, 4) is 0 Å². The molecule has 3 aliphatic rings. The van der Waals surface area contributed by atoms with Crippen LogP contribution >= 0.6 is 0 Å². The Morgan fingerprint density at radius 2 is 1.60 bits per heavy atom. The van der Waals surface area contributed by atoms with Gasteiger partial charge in [-0.3, -0.25) is 19.1 Å². The lowest BCUT2D eigenvalue weighted by Gasteiger charge is -2.50. The van der Waals surface area contributed by atoms with E-state index in [0.717, 1.165) is 17.5 Å². The maximum atomic E-state index is 14.1. The van der Waals surface area contributed by atoms with Gasteiger partial charge in [-0.15, -0.1) is 0 Å². The first-order valence-electron chi connectivity index (χ1n) is 16.4. The van der Waals surface area contributed by atoms with Crippen LogP contribution in [0.15, 0.2) is 78.0 Å². The Hall–Kier alpha value is -4.07. The quantitative estimate of drug-likeness (QED) is 0.300. The van der Waals surface area contributed by atoms with Crippen molar-refractivity contribution in [1.82, 2.24) is 29.6 Å². The number of rotatable bonds is 12. The van der Waals surface area contributed by atoms with E-state index in [1.807, 2.05) is 60.7 Å². The molecule has 3 aromatic rings. The number of ether oxygens (including phenoxy) is 1. The van der Waals surface area contributed by atoms with Gasteiger partial charge in [0.2, 0.25) is 27.7 Å². The van der Waals surface area contributed by atoms with Crippen LogP contribution in [0.25, 0.3) is 0 Å². The summed E-state index contributed by atoms with van der Waals surface area (Å²) in [6.45, 7) is 7.00. The van der Waals surface area contributed by atoms with Crippen LogP contribution in [0.4, 0.5) is 0 Å². The largest absolute Gasteiger partial charge is 0.371 e. The summed E-state index contributed by atoms with van der Waals surface area (Å²) in [5.41, 5.74) is 1.05. The van der Waals surface area contributed by atoms with Crippen molar-refractivity contribution >= 4 is 27.7 Å². The highest BCUT2D eigenvalue weighted by atomic mass is 32.2. The van der Waals surface area contributed by atoms with E-state index in [0.29, 0.717) is 6.54 Å². The average molecular weight is 677 g/mol. The minimum absolute atomic E-state index is 0.0350. The number of carbonyl (C=O) groups excluding carboxylic acids is 3. The van der Waals surface area contributed by atoms with Crippen LogP contribution in [0, 0.1) is 22.7 Å². The Balaban J connectivity index is 1.21. The third-order valence-corrected chi connectivity index (χ3v) is 11.9. The van der Waals surface area contributed by atoms with Gasteiger partial charge in [-0.1, -0.05) is 74.5 Å². The minimum atomic E-state index is -4.03. The molecule has 6 rings (SSSR count). The number of hydrogen-bond donors (Lipinski definition) is 2. The second-order valence-electron chi connectivity index (χ2n) is 14.1. The summed E-state index contributed by atoms with van der Waals surface area (Å²) in [4.78, 5) is 42.2. The van der Waals surface area contributed by atoms with Crippen LogP contribution in [0.3, 0.4) is 0 Å². The third-order valence-electron chi connectivity index (χ3n) is 10.2. The van der Waals surface area contributed by atoms with Crippen LogP contribution in [0.1, 0.15) is 38.3 Å². The maximum absolute atomic E-state index is 14.1. The summed E-state index contributed by atoms with van der Waals surface area (Å²) >= 11 is 0. The molecular formula is C35H44N6O6S. The highest BCUT2D eigenvalue weighted by Gasteiger charge is 2.62. The number of benzene rings is 2. The smallest absolute Gasteiger partial charge is 0.246 e. The summed E-state index contributed by atoms with van der Waals surface area (Å²) in [6, 6.07) is 18.1. The monoisotopic (exact) mass is 676 g/mol. The molecule has 1 aliphatic carbocycles. The molecule has 0 radical (unpaired) electrons. The Kier molecular flexibility index (Phi) is 9.22. The van der Waals surface area contributed by atoms with Crippen LogP contribution in [0.2, 0.25) is 0 Å². The van der Waals surface area contributed by atoms with Gasteiger partial charge in [0.15, 0.2) is 0 Å². The average Bonchev–Trinajstić information content (AvgIpc) is 3.38. The standard InChI is InChI=1S/C35H44N6O6S/c1-24(47-20-26-13-9-6-10-14-26)30(32(43)36-4)38-31(42)29-19-41(23-35(29)21-39(22-35)33(44)28-15-34(28,2)3)48(45,46)27-16-37-40(18-27)17-25-11-7-5-8-12-25/h5-14,16,18,24,28-30H,15,17,19-23H2,1-4H3,(H,36,43)(H,38,42)/t24-,28-,29+,30+/m1/s1. The fraction of sp³-hybridized carbons (Fsp3) is 0.486. The molecule has 1 spiro atoms. The number of nitrogens with zero attached hydrogens (tertiary/aromatic N) is 4. The molecule has 2 N–H and O–H groups in total. The molecule has 3 fully saturated rings. The number of likely N-dealkylation sites (N-methyl/N-ethyl adjacent to an activating group) is 1. The van der Waals surface area contributed by atoms with Crippen LogP contribution in [-0.4, -0.2) is 90.5 Å². The van der Waals surface area contributed by atoms with Gasteiger partial charge in [0, 0.05) is 50.8 Å². The van der Waals surface area contributed by atoms with Crippen molar-refractivity contribution in [2.24, 2.45) is 22.7 Å². The van der Waals surface area contributed by atoms with E-state index >= 15 is 0 Å². The molecule has 12 nitrogen and oxygen atoms in total. The van der Waals surface area contributed by atoms with Crippen molar-refractivity contribution in [2.45, 2.75) is 57.4 Å². The highest BCUT2D eigenvalue weighted by Crippen LogP contribution is 2.55. The lowest BCUT2D eigenvalue weighted by atomic mass is 9.70. The molecule has 0 bridgehead atoms. The summed E-state index contributed by atoms with van der Waals surface area (Å²) in [6.07, 6.45) is 2.96. The zero-order valence-electron chi connectivity index (χ0n) is 27.8. The summed E-state index contributed by atoms with van der Waals surface area (Å²) in [5, 5.41) is 9.79. The first-order valence-corrected chi connectivity index (χ1v) is 17.8. The fourth-order valence-electron chi connectivity index (χ4n) is 6.95. The molecule has 256 valence electrons. The van der Waals surface area contributed by atoms with Crippen molar-refractivity contribution < 1.29 is 27.5 Å². The molecule has 2 saturated heterocycles. The van der Waals surface area contributed by atoms with E-state index < -0.39 is 45.3 Å². The van der Waals surface area contributed by atoms with E-state index in [9.17, 15) is 22.8 Å². The van der Waals surface area contributed by atoms with Crippen LogP contribution < -0.4 is 10.6 Å². The SMILES string of the molecule is CNC(=O)[C@@H](NC(=O)[C@@H]1CN(S(=O)(=O)c2cnn(Cc3ccccc3)c2)CC12CN(C(=O)[C@H]1CC1(C)C)C2)[C@@H](C)OCc1ccccc1. The number of sulfonamides is 1. The van der Waals surface area contributed by atoms with Gasteiger partial charge < -0.3 is 20.3 Å². The molecule has 3 heterocycles. The first-order chi connectivity index (χ1) is 22.8. The Morgan fingerprint density at radius 3 is 2.21 bits per heavy atom. The molecule has 4 atom stereocenters. The molecular weight excluding hydrogens is 632 g/mol. The maximum Gasteiger partial charge on any atom is 0.246 e. The van der Waals surface area contributed by atoms with Gasteiger partial charge in [-0.2, -0.15) is 9.40 Å². The second kappa shape index (κ2) is 13.1. The van der Waals surface area contributed by atoms with Gasteiger partial charge in [-0.25, -0.2) is 8.42 Å². The number of nitrogens with one attached hydrogen (secondary N) is 2. The number of aromatic nitrogens is 2. The molecule has 3 amide bonds. The van der Waals surface area contributed by atoms with E-state index in [-0.39, 0.29) is 54.9 Å². The first kappa shape index (κ1) is 33.8. The Morgan fingerprint density at radius 1 is 0.979 bits per heavy atom. The summed E-state index contributed by atoms with van der Waals surface area (Å²) in [5.74, 6) is -1.70. The van der Waals surface area contributed by atoms with Crippen molar-refractivity contribution in [2.75, 3.05) is 33.2 Å². The predicted molar refractivity (Wildman–Crippen MR) is 178 cm³/mol. The molecule has 2 aromatic carbocycles. The van der Waals surface area contributed by atoms with E-state index in [2.05, 4.69) is 29.6 Å². The number of carbonyl (C=O) groups is 3. The fourth-order valence-corrected chi connectivity index (χ4v) is 8.46. The second-order valence-corrected chi connectivity index (χ2v) is 16.1. The van der Waals surface area contributed by atoms with E-state index in [4.69, 9.17) is 4.74 Å². The molecule has 13 heteroatoms. The lowest BCUT2D eigenvalue weighted by molar-refractivity contribution is -0.152. The minimum Gasteiger partial charge on any atom is -0.371 e. The van der Waals surface area contributed by atoms with Gasteiger partial charge >= 0.3 is 0 Å². The zero-order valence-corrected chi connectivity index (χ0v) is 28.7. The van der Waals surface area contributed by atoms with Gasteiger partial charge in [0.1, 0.15) is 10.9 Å². The Labute approximate surface area is 281 Å². The predicted octanol–water partition coefficient (Wildman–Crippen LogP) is 2.26. The molecule has 1 saturated carbocycles. The van der Waals surface area contributed by atoms with Gasteiger partial charge in [0.05, 0.1) is 31.4 Å². The van der Waals surface area contributed by atoms with Gasteiger partial charge in [0.25, 0.3) is 0 Å². The van der Waals surface area contributed by atoms with Crippen LogP contribution in [-0.2, 0) is 42.3 Å². The van der Waals surface area contributed by atoms with E-state index in [1.165, 1.54) is 23.7 Å². The molecule has 48 heavy (non-hydrogen) atoms. The van der Waals surface area contributed by atoms with E-state index in [1.54, 1.807) is 16.5 Å². The number of amides is 3. The number of likely N-dealkylation sites (tertiary alicyclic amines) is 1. The topological polar surface area (TPSA) is 143 Å². The van der Waals surface area contributed by atoms with Crippen LogP contribution in [0.5, 0.6) is 0 Å². The van der Waals surface area contributed by atoms with Crippen molar-refractivity contribution in [3.63, 3.8) is 0 Å². The third kappa shape index (κ3) is 6.76. The van der Waals surface area contributed by atoms with Gasteiger partial charge in [-0.05, 0) is 29.9 Å². The highest BCUT2D eigenvalue weighted by molar-refractivity contribution is 7.89. The summed E-state index contributed by atoms with van der Waals surface area (Å²) in [7, 11) is -2.54.